The maximum atomic E-state index is 12.1. The second-order valence-electron chi connectivity index (χ2n) is 5.69. The molecule has 1 fully saturated rings. The normalized spacial score (nSPS) is 20.4. The lowest BCUT2D eigenvalue weighted by molar-refractivity contribution is -0.117. The minimum Gasteiger partial charge on any atom is -0.392 e. The molecule has 0 aromatic heterocycles. The van der Waals surface area contributed by atoms with Crippen LogP contribution in [-0.2, 0) is 11.4 Å². The maximum Gasteiger partial charge on any atom is 0.224 e. The number of nitrogens with one attached hydrogen (secondary N) is 2. The van der Waals surface area contributed by atoms with Crippen LogP contribution in [0.4, 0.5) is 5.69 Å². The van der Waals surface area contributed by atoms with E-state index in [1.54, 1.807) is 0 Å². The van der Waals surface area contributed by atoms with E-state index in [9.17, 15) is 4.79 Å². The zero-order valence-corrected chi connectivity index (χ0v) is 12.1. The van der Waals surface area contributed by atoms with Crippen LogP contribution in [0, 0.1) is 11.8 Å². The van der Waals surface area contributed by atoms with Gasteiger partial charge in [0.1, 0.15) is 0 Å². The lowest BCUT2D eigenvalue weighted by Gasteiger charge is -2.28. The Kier molecular flexibility index (Phi) is 5.56. The van der Waals surface area contributed by atoms with Crippen molar-refractivity contribution in [2.24, 2.45) is 11.8 Å². The van der Waals surface area contributed by atoms with Gasteiger partial charge in [-0.25, -0.2) is 0 Å². The Labute approximate surface area is 120 Å². The van der Waals surface area contributed by atoms with Gasteiger partial charge in [-0.15, -0.1) is 0 Å². The molecule has 20 heavy (non-hydrogen) atoms. The summed E-state index contributed by atoms with van der Waals surface area (Å²) < 4.78 is 0. The van der Waals surface area contributed by atoms with Crippen molar-refractivity contribution < 1.29 is 9.90 Å². The van der Waals surface area contributed by atoms with Crippen molar-refractivity contribution in [3.05, 3.63) is 29.8 Å². The summed E-state index contributed by atoms with van der Waals surface area (Å²) in [5.74, 6) is 1.04. The second-order valence-corrected chi connectivity index (χ2v) is 5.69. The number of carbonyl (C=O) groups is 1. The third kappa shape index (κ3) is 4.32. The van der Waals surface area contributed by atoms with Crippen LogP contribution in [0.3, 0.4) is 0 Å². The van der Waals surface area contributed by atoms with Gasteiger partial charge >= 0.3 is 0 Å². The van der Waals surface area contributed by atoms with Gasteiger partial charge in [0.25, 0.3) is 0 Å². The van der Waals surface area contributed by atoms with Crippen LogP contribution in [0.15, 0.2) is 24.3 Å². The van der Waals surface area contributed by atoms with E-state index in [2.05, 4.69) is 17.6 Å². The third-order valence-corrected chi connectivity index (χ3v) is 4.04. The molecule has 1 aliphatic heterocycles. The van der Waals surface area contributed by atoms with E-state index in [4.69, 9.17) is 5.11 Å². The number of aliphatic hydroxyl groups is 1. The quantitative estimate of drug-likeness (QED) is 0.772. The number of amides is 1. The van der Waals surface area contributed by atoms with Gasteiger partial charge < -0.3 is 15.7 Å². The number of benzene rings is 1. The highest BCUT2D eigenvalue weighted by molar-refractivity contribution is 5.90. The van der Waals surface area contributed by atoms with Gasteiger partial charge in [-0.3, -0.25) is 4.79 Å². The van der Waals surface area contributed by atoms with E-state index in [1.165, 1.54) is 12.8 Å². The summed E-state index contributed by atoms with van der Waals surface area (Å²) in [6.45, 7) is 4.27. The molecule has 1 amide bonds. The summed E-state index contributed by atoms with van der Waals surface area (Å²) in [6, 6.07) is 7.34. The minimum absolute atomic E-state index is 0.00609. The summed E-state index contributed by atoms with van der Waals surface area (Å²) in [4.78, 5) is 12.1. The Balaban J connectivity index is 1.84. The zero-order valence-electron chi connectivity index (χ0n) is 12.1. The second kappa shape index (κ2) is 7.41. The molecule has 4 heteroatoms. The Hall–Kier alpha value is -1.39. The Morgan fingerprint density at radius 3 is 3.10 bits per heavy atom. The number of rotatable bonds is 5. The number of carbonyl (C=O) groups excluding carboxylic acids is 1. The van der Waals surface area contributed by atoms with E-state index in [0.717, 1.165) is 24.3 Å². The molecule has 2 unspecified atom stereocenters. The summed E-state index contributed by atoms with van der Waals surface area (Å²) in [5, 5.41) is 15.4. The molecular weight excluding hydrogens is 252 g/mol. The van der Waals surface area contributed by atoms with E-state index >= 15 is 0 Å². The lowest BCUT2D eigenvalue weighted by Crippen LogP contribution is -2.34. The minimum atomic E-state index is -0.00609. The molecule has 2 atom stereocenters. The average Bonchev–Trinajstić information content (AvgIpc) is 2.48. The first-order valence-corrected chi connectivity index (χ1v) is 7.39. The van der Waals surface area contributed by atoms with Gasteiger partial charge in [-0.1, -0.05) is 19.1 Å². The Bertz CT molecular complexity index is 442. The van der Waals surface area contributed by atoms with Gasteiger partial charge in [0.05, 0.1) is 6.61 Å². The van der Waals surface area contributed by atoms with Crippen LogP contribution in [0.1, 0.15) is 31.7 Å². The van der Waals surface area contributed by atoms with Gasteiger partial charge in [-0.05, 0) is 55.5 Å². The van der Waals surface area contributed by atoms with Crippen LogP contribution in [0.2, 0.25) is 0 Å². The van der Waals surface area contributed by atoms with Crippen LogP contribution in [0.25, 0.3) is 0 Å². The van der Waals surface area contributed by atoms with Crippen molar-refractivity contribution in [2.75, 3.05) is 18.4 Å². The van der Waals surface area contributed by atoms with E-state index < -0.39 is 0 Å². The molecule has 1 heterocycles. The van der Waals surface area contributed by atoms with Crippen molar-refractivity contribution >= 4 is 11.6 Å². The molecular formula is C16H24N2O2. The third-order valence-electron chi connectivity index (χ3n) is 4.04. The molecule has 1 aliphatic rings. The topological polar surface area (TPSA) is 61.4 Å². The fourth-order valence-corrected chi connectivity index (χ4v) is 2.78. The van der Waals surface area contributed by atoms with Gasteiger partial charge in [-0.2, -0.15) is 0 Å². The van der Waals surface area contributed by atoms with Crippen molar-refractivity contribution in [1.29, 1.82) is 0 Å². The van der Waals surface area contributed by atoms with E-state index in [-0.39, 0.29) is 12.5 Å². The molecule has 0 spiro atoms. The SMILES string of the molecule is CC(CC(=O)Nc1cccc(CO)c1)C1CCCNC1. The molecule has 0 bridgehead atoms. The summed E-state index contributed by atoms with van der Waals surface area (Å²) in [6.07, 6.45) is 2.96. The molecule has 4 nitrogen and oxygen atoms in total. The van der Waals surface area contributed by atoms with Crippen molar-refractivity contribution in [3.8, 4) is 0 Å². The molecule has 0 saturated carbocycles. The smallest absolute Gasteiger partial charge is 0.224 e. The van der Waals surface area contributed by atoms with Gasteiger partial charge in [0.15, 0.2) is 0 Å². The molecule has 0 radical (unpaired) electrons. The van der Waals surface area contributed by atoms with Crippen molar-refractivity contribution in [1.82, 2.24) is 5.32 Å². The fourth-order valence-electron chi connectivity index (χ4n) is 2.78. The molecule has 0 aliphatic carbocycles. The predicted octanol–water partition coefficient (Wildman–Crippen LogP) is 2.14. The zero-order chi connectivity index (χ0) is 14.4. The molecule has 1 saturated heterocycles. The maximum absolute atomic E-state index is 12.1. The van der Waals surface area contributed by atoms with Crippen molar-refractivity contribution in [2.45, 2.75) is 32.8 Å². The highest BCUT2D eigenvalue weighted by Gasteiger charge is 2.21. The number of hydrogen-bond donors (Lipinski definition) is 3. The summed E-state index contributed by atoms with van der Waals surface area (Å²) in [7, 11) is 0. The molecule has 3 N–H and O–H groups in total. The van der Waals surface area contributed by atoms with Crippen LogP contribution < -0.4 is 10.6 Å². The van der Waals surface area contributed by atoms with Crippen molar-refractivity contribution in [3.63, 3.8) is 0 Å². The highest BCUT2D eigenvalue weighted by atomic mass is 16.3. The van der Waals surface area contributed by atoms with Crippen LogP contribution >= 0.6 is 0 Å². The highest BCUT2D eigenvalue weighted by Crippen LogP contribution is 2.23. The van der Waals surface area contributed by atoms with Crippen LogP contribution in [0.5, 0.6) is 0 Å². The largest absolute Gasteiger partial charge is 0.392 e. The molecule has 1 aromatic carbocycles. The summed E-state index contributed by atoms with van der Waals surface area (Å²) >= 11 is 0. The average molecular weight is 276 g/mol. The van der Waals surface area contributed by atoms with E-state index in [1.807, 2.05) is 24.3 Å². The standard InChI is InChI=1S/C16H24N2O2/c1-12(14-5-3-7-17-10-14)8-16(20)18-15-6-2-4-13(9-15)11-19/h2,4,6,9,12,14,17,19H,3,5,7-8,10-11H2,1H3,(H,18,20). The first kappa shape index (κ1) is 15.0. The van der Waals surface area contributed by atoms with Gasteiger partial charge in [0.2, 0.25) is 5.91 Å². The number of hydrogen-bond acceptors (Lipinski definition) is 3. The predicted molar refractivity (Wildman–Crippen MR) is 80.4 cm³/mol. The van der Waals surface area contributed by atoms with E-state index in [0.29, 0.717) is 18.3 Å². The molecule has 2 rings (SSSR count). The Morgan fingerprint density at radius 1 is 1.55 bits per heavy atom. The molecule has 110 valence electrons. The molecule has 1 aromatic rings. The number of anilines is 1. The summed E-state index contributed by atoms with van der Waals surface area (Å²) in [5.41, 5.74) is 1.57. The lowest BCUT2D eigenvalue weighted by atomic mass is 9.85. The van der Waals surface area contributed by atoms with Gasteiger partial charge in [0, 0.05) is 12.1 Å². The Morgan fingerprint density at radius 2 is 2.40 bits per heavy atom. The monoisotopic (exact) mass is 276 g/mol. The fraction of sp³-hybridized carbons (Fsp3) is 0.562. The number of aliphatic hydroxyl groups excluding tert-OH is 1. The number of piperidine rings is 1. The first-order chi connectivity index (χ1) is 9.69. The first-order valence-electron chi connectivity index (χ1n) is 7.39. The van der Waals surface area contributed by atoms with Crippen LogP contribution in [-0.4, -0.2) is 24.1 Å².